The van der Waals surface area contributed by atoms with Gasteiger partial charge in [0.2, 0.25) is 0 Å². The van der Waals surface area contributed by atoms with Gasteiger partial charge in [-0.1, -0.05) is 316 Å². The van der Waals surface area contributed by atoms with Crippen LogP contribution in [0.25, 0.3) is 0 Å². The highest BCUT2D eigenvalue weighted by Crippen LogP contribution is 2.38. The van der Waals surface area contributed by atoms with Gasteiger partial charge in [0.1, 0.15) is 19.8 Å². The standard InChI is InChI=1S/C78H138NO8P/c1-6-8-10-12-14-16-18-20-22-24-26-28-30-32-34-35-36-37-38-39-40-41-42-43-45-47-49-51-53-55-57-59-61-63-65-67-69-71-78(81)87-76(75-86-88(82,83)85-73-72-79(3,4)5)74-84-77(80)70-68-66-64-62-60-58-56-54-52-50-48-46-44-33-31-29-27-25-23-21-19-17-15-13-11-9-7-2/h8,10,14,16,19-22,25-28,32,34,36-37,39-40,76H,6-7,9,11-13,15,17-18,23-24,29-31,33,35,38,41-75H2,1-5H3/b10-8-,16-14-,21-19-,22-20-,27-25-,28-26-,34-32-,37-36-,40-39-. The molecule has 0 heterocycles. The molecule has 0 saturated heterocycles. The van der Waals surface area contributed by atoms with Crippen molar-refractivity contribution >= 4 is 19.8 Å². The molecule has 508 valence electrons. The van der Waals surface area contributed by atoms with Crippen LogP contribution in [0.4, 0.5) is 0 Å². The Labute approximate surface area is 544 Å². The topological polar surface area (TPSA) is 111 Å². The van der Waals surface area contributed by atoms with Crippen LogP contribution < -0.4 is 4.89 Å². The van der Waals surface area contributed by atoms with Crippen LogP contribution in [0.5, 0.6) is 0 Å². The van der Waals surface area contributed by atoms with E-state index in [9.17, 15) is 19.0 Å². The Morgan fingerprint density at radius 1 is 0.364 bits per heavy atom. The number of hydrogen-bond acceptors (Lipinski definition) is 8. The number of hydrogen-bond donors (Lipinski definition) is 0. The van der Waals surface area contributed by atoms with Crippen molar-refractivity contribution in [1.29, 1.82) is 0 Å². The van der Waals surface area contributed by atoms with Crippen LogP contribution in [0.3, 0.4) is 0 Å². The number of esters is 2. The number of ether oxygens (including phenoxy) is 2. The molecular weight excluding hydrogens is 1110 g/mol. The molecule has 0 aromatic carbocycles. The minimum absolute atomic E-state index is 0.0331. The van der Waals surface area contributed by atoms with Crippen LogP contribution in [0, 0.1) is 0 Å². The largest absolute Gasteiger partial charge is 0.756 e. The van der Waals surface area contributed by atoms with Crippen molar-refractivity contribution in [3.05, 3.63) is 109 Å². The van der Waals surface area contributed by atoms with E-state index in [4.69, 9.17) is 18.5 Å². The third-order valence-corrected chi connectivity index (χ3v) is 16.7. The van der Waals surface area contributed by atoms with Gasteiger partial charge in [0.05, 0.1) is 27.7 Å². The van der Waals surface area contributed by atoms with Gasteiger partial charge in [-0.25, -0.2) is 0 Å². The zero-order chi connectivity index (χ0) is 64.1. The average Bonchev–Trinajstić information content (AvgIpc) is 3.68. The molecule has 2 unspecified atom stereocenters. The first kappa shape index (κ1) is 84.7. The van der Waals surface area contributed by atoms with E-state index >= 15 is 0 Å². The second-order valence-corrected chi connectivity index (χ2v) is 27.0. The summed E-state index contributed by atoms with van der Waals surface area (Å²) < 4.78 is 34.4. The van der Waals surface area contributed by atoms with Crippen molar-refractivity contribution in [2.45, 2.75) is 328 Å². The van der Waals surface area contributed by atoms with Crippen molar-refractivity contribution in [2.75, 3.05) is 47.5 Å². The Kier molecular flexibility index (Phi) is 65.5. The number of unbranched alkanes of at least 4 members (excludes halogenated alkanes) is 35. The van der Waals surface area contributed by atoms with E-state index in [1.54, 1.807) is 0 Å². The minimum atomic E-state index is -4.65. The van der Waals surface area contributed by atoms with Gasteiger partial charge in [-0.3, -0.25) is 14.2 Å². The average molecular weight is 1250 g/mol. The lowest BCUT2D eigenvalue weighted by Gasteiger charge is -2.28. The molecule has 88 heavy (non-hydrogen) atoms. The first-order valence-corrected chi connectivity index (χ1v) is 38.1. The van der Waals surface area contributed by atoms with Gasteiger partial charge in [0.25, 0.3) is 7.82 Å². The number of rotatable bonds is 67. The molecule has 0 spiro atoms. The summed E-state index contributed by atoms with van der Waals surface area (Å²) in [6.07, 6.45) is 96.0. The molecular formula is C78H138NO8P. The summed E-state index contributed by atoms with van der Waals surface area (Å²) in [6, 6.07) is 0. The molecule has 0 aromatic rings. The molecule has 0 saturated carbocycles. The normalized spacial score (nSPS) is 13.8. The second-order valence-electron chi connectivity index (χ2n) is 25.6. The van der Waals surface area contributed by atoms with E-state index in [-0.39, 0.29) is 32.0 Å². The number of phosphoric ester groups is 1. The van der Waals surface area contributed by atoms with E-state index in [0.29, 0.717) is 17.4 Å². The Balaban J connectivity index is 4.02. The molecule has 0 aliphatic rings. The predicted molar refractivity (Wildman–Crippen MR) is 378 cm³/mol. The van der Waals surface area contributed by atoms with Crippen LogP contribution in [0.1, 0.15) is 322 Å². The summed E-state index contributed by atoms with van der Waals surface area (Å²) in [6.45, 7) is 4.15. The maximum Gasteiger partial charge on any atom is 0.306 e. The second kappa shape index (κ2) is 68.0. The van der Waals surface area contributed by atoms with E-state index in [0.717, 1.165) is 89.9 Å². The first-order chi connectivity index (χ1) is 43.0. The maximum atomic E-state index is 12.9. The number of carbonyl (C=O) groups is 2. The molecule has 9 nitrogen and oxygen atoms in total. The van der Waals surface area contributed by atoms with Crippen LogP contribution >= 0.6 is 7.82 Å². The van der Waals surface area contributed by atoms with E-state index in [1.165, 1.54) is 199 Å². The van der Waals surface area contributed by atoms with Gasteiger partial charge in [-0.2, -0.15) is 0 Å². The molecule has 2 atom stereocenters. The fourth-order valence-electron chi connectivity index (χ4n) is 10.2. The van der Waals surface area contributed by atoms with Crippen LogP contribution in [-0.4, -0.2) is 70.0 Å². The summed E-state index contributed by atoms with van der Waals surface area (Å²) >= 11 is 0. The first-order valence-electron chi connectivity index (χ1n) is 36.6. The van der Waals surface area contributed by atoms with E-state index in [1.807, 2.05) is 21.1 Å². The van der Waals surface area contributed by atoms with Gasteiger partial charge < -0.3 is 27.9 Å². The molecule has 0 aromatic heterocycles. The van der Waals surface area contributed by atoms with Gasteiger partial charge in [-0.15, -0.1) is 0 Å². The van der Waals surface area contributed by atoms with Crippen LogP contribution in [0.2, 0.25) is 0 Å². The minimum Gasteiger partial charge on any atom is -0.756 e. The molecule has 0 fully saturated rings. The third kappa shape index (κ3) is 71.7. The highest BCUT2D eigenvalue weighted by molar-refractivity contribution is 7.45. The van der Waals surface area contributed by atoms with Crippen molar-refractivity contribution in [1.82, 2.24) is 0 Å². The fraction of sp³-hybridized carbons (Fsp3) is 0.744. The quantitative estimate of drug-likeness (QED) is 0.0195. The molecule has 0 rings (SSSR count). The smallest absolute Gasteiger partial charge is 0.306 e. The van der Waals surface area contributed by atoms with Gasteiger partial charge in [-0.05, 0) is 103 Å². The molecule has 10 heteroatoms. The number of carbonyl (C=O) groups excluding carboxylic acids is 2. The molecule has 0 amide bonds. The Morgan fingerprint density at radius 2 is 0.648 bits per heavy atom. The van der Waals surface area contributed by atoms with Crippen molar-refractivity contribution in [2.24, 2.45) is 0 Å². The van der Waals surface area contributed by atoms with Gasteiger partial charge in [0.15, 0.2) is 6.10 Å². The van der Waals surface area contributed by atoms with E-state index in [2.05, 4.69) is 123 Å². The zero-order valence-electron chi connectivity index (χ0n) is 57.9. The van der Waals surface area contributed by atoms with Crippen LogP contribution in [-0.2, 0) is 32.7 Å². The van der Waals surface area contributed by atoms with Crippen molar-refractivity contribution in [3.63, 3.8) is 0 Å². The number of allylic oxidation sites excluding steroid dienone is 18. The van der Waals surface area contributed by atoms with Gasteiger partial charge >= 0.3 is 11.9 Å². The summed E-state index contributed by atoms with van der Waals surface area (Å²) in [5.41, 5.74) is 0. The highest BCUT2D eigenvalue weighted by atomic mass is 31.2. The van der Waals surface area contributed by atoms with Crippen molar-refractivity contribution < 1.29 is 42.1 Å². The molecule has 0 aliphatic carbocycles. The van der Waals surface area contributed by atoms with Gasteiger partial charge in [0, 0.05) is 12.8 Å². The number of likely N-dealkylation sites (N-methyl/N-ethyl adjacent to an activating group) is 1. The number of phosphoric acid groups is 1. The Morgan fingerprint density at radius 3 is 0.966 bits per heavy atom. The summed E-state index contributed by atoms with van der Waals surface area (Å²) in [5, 5.41) is 0. The monoisotopic (exact) mass is 1250 g/mol. The summed E-state index contributed by atoms with van der Waals surface area (Å²) in [4.78, 5) is 38.1. The lowest BCUT2D eigenvalue weighted by Crippen LogP contribution is -2.37. The summed E-state index contributed by atoms with van der Waals surface area (Å²) in [5.74, 6) is -0.825. The van der Waals surface area contributed by atoms with Crippen molar-refractivity contribution in [3.8, 4) is 0 Å². The molecule has 0 bridgehead atoms. The summed E-state index contributed by atoms with van der Waals surface area (Å²) in [7, 11) is 1.17. The Hall–Kier alpha value is -3.33. The predicted octanol–water partition coefficient (Wildman–Crippen LogP) is 23.4. The lowest BCUT2D eigenvalue weighted by atomic mass is 10.0. The number of nitrogens with zero attached hydrogens (tertiary/aromatic N) is 1. The molecule has 0 radical (unpaired) electrons. The highest BCUT2D eigenvalue weighted by Gasteiger charge is 2.22. The fourth-order valence-corrected chi connectivity index (χ4v) is 10.9. The number of quaternary nitrogens is 1. The lowest BCUT2D eigenvalue weighted by molar-refractivity contribution is -0.870. The Bertz CT molecular complexity index is 1850. The molecule has 0 aliphatic heterocycles. The zero-order valence-corrected chi connectivity index (χ0v) is 58.8. The molecule has 0 N–H and O–H groups in total. The van der Waals surface area contributed by atoms with Crippen LogP contribution in [0.15, 0.2) is 109 Å². The van der Waals surface area contributed by atoms with E-state index < -0.39 is 26.5 Å². The third-order valence-electron chi connectivity index (χ3n) is 15.8. The SMILES string of the molecule is CC/C=C\C/C=C\C/C=C\C/C=C\C/C=C\C/C=C\C/C=C\CCCCCCCCCCCCCCCCCC(=O)OC(COC(=O)CCCCCCCCCCCCCCCCC/C=C\C/C=C\CCCCCCC)COP(=O)([O-])OCC[N+](C)(C)C. The maximum absolute atomic E-state index is 12.9.